The summed E-state index contributed by atoms with van der Waals surface area (Å²) in [5.74, 6) is 0.882. The molecule has 30 heavy (non-hydrogen) atoms. The highest BCUT2D eigenvalue weighted by molar-refractivity contribution is 7.89. The number of nitrogens with zero attached hydrogens (tertiary/aromatic N) is 3. The van der Waals surface area contributed by atoms with Crippen molar-refractivity contribution < 1.29 is 17.9 Å². The molecule has 1 fully saturated rings. The Hall–Kier alpha value is -2.45. The van der Waals surface area contributed by atoms with E-state index in [1.807, 2.05) is 25.2 Å². The molecule has 2 aliphatic heterocycles. The van der Waals surface area contributed by atoms with E-state index in [0.717, 1.165) is 41.6 Å². The van der Waals surface area contributed by atoms with Gasteiger partial charge in [-0.1, -0.05) is 6.07 Å². The van der Waals surface area contributed by atoms with Gasteiger partial charge in [-0.15, -0.1) is 0 Å². The van der Waals surface area contributed by atoms with Gasteiger partial charge in [0.1, 0.15) is 11.9 Å². The van der Waals surface area contributed by atoms with E-state index in [1.165, 1.54) is 4.31 Å². The second-order valence-corrected chi connectivity index (χ2v) is 10.1. The van der Waals surface area contributed by atoms with Crippen molar-refractivity contribution in [1.82, 2.24) is 9.29 Å². The van der Waals surface area contributed by atoms with Gasteiger partial charge in [-0.05, 0) is 55.5 Å². The number of hydrogen-bond acceptors (Lipinski definition) is 5. The number of benzene rings is 1. The van der Waals surface area contributed by atoms with Gasteiger partial charge in [-0.3, -0.25) is 9.78 Å². The van der Waals surface area contributed by atoms with Crippen LogP contribution >= 0.6 is 0 Å². The zero-order chi connectivity index (χ0) is 21.3. The molecule has 160 valence electrons. The van der Waals surface area contributed by atoms with Gasteiger partial charge in [0.05, 0.1) is 18.5 Å². The molecule has 0 radical (unpaired) electrons. The first-order valence-electron chi connectivity index (χ1n) is 10.4. The highest BCUT2D eigenvalue weighted by Gasteiger charge is 2.29. The molecule has 4 rings (SSSR count). The molecule has 1 atom stereocenters. The van der Waals surface area contributed by atoms with E-state index in [-0.39, 0.29) is 17.8 Å². The number of carbonyl (C=O) groups excluding carboxylic acids is 1. The molecule has 1 unspecified atom stereocenters. The van der Waals surface area contributed by atoms with Crippen LogP contribution in [0, 0.1) is 0 Å². The molecular formula is C22H27N3O4S. The van der Waals surface area contributed by atoms with Crippen LogP contribution in [0.3, 0.4) is 0 Å². The lowest BCUT2D eigenvalue weighted by atomic mass is 9.97. The third kappa shape index (κ3) is 4.20. The molecule has 8 heteroatoms. The van der Waals surface area contributed by atoms with E-state index in [1.54, 1.807) is 24.2 Å². The predicted molar refractivity (Wildman–Crippen MR) is 116 cm³/mol. The van der Waals surface area contributed by atoms with Gasteiger partial charge in [-0.25, -0.2) is 8.42 Å². The molecule has 0 spiro atoms. The number of pyridine rings is 1. The van der Waals surface area contributed by atoms with Crippen LogP contribution in [0.4, 0.5) is 5.69 Å². The van der Waals surface area contributed by atoms with Crippen LogP contribution in [-0.2, 0) is 21.2 Å². The first kappa shape index (κ1) is 20.8. The minimum absolute atomic E-state index is 0.107. The number of rotatable bonds is 5. The summed E-state index contributed by atoms with van der Waals surface area (Å²) in [5.41, 5.74) is 4.06. The standard InChI is InChI=1S/C22H27N3O4S/c1-3-30(27,28)25-10-4-5-19(15-25)29-20-12-18(13-23-14-20)16-6-8-21-17(11-16)7-9-22(26)24(21)2/h6,8,11-14,19H,3-5,7,9-10,15H2,1-2H3. The summed E-state index contributed by atoms with van der Waals surface area (Å²) in [6, 6.07) is 8.02. The quantitative estimate of drug-likeness (QED) is 0.730. The summed E-state index contributed by atoms with van der Waals surface area (Å²) in [6.07, 6.45) is 6.14. The van der Waals surface area contributed by atoms with Gasteiger partial charge in [0.15, 0.2) is 0 Å². The maximum absolute atomic E-state index is 12.2. The third-order valence-corrected chi connectivity index (χ3v) is 7.72. The Labute approximate surface area is 177 Å². The van der Waals surface area contributed by atoms with Crippen molar-refractivity contribution >= 4 is 21.6 Å². The summed E-state index contributed by atoms with van der Waals surface area (Å²) >= 11 is 0. The average Bonchev–Trinajstić information content (AvgIpc) is 2.76. The van der Waals surface area contributed by atoms with Crippen LogP contribution in [0.15, 0.2) is 36.7 Å². The minimum atomic E-state index is -3.21. The van der Waals surface area contributed by atoms with E-state index in [4.69, 9.17) is 4.74 Å². The fourth-order valence-electron chi connectivity index (χ4n) is 4.11. The molecule has 0 bridgehead atoms. The van der Waals surface area contributed by atoms with Crippen LogP contribution in [0.25, 0.3) is 11.1 Å². The van der Waals surface area contributed by atoms with E-state index < -0.39 is 10.0 Å². The van der Waals surface area contributed by atoms with Crippen LogP contribution < -0.4 is 9.64 Å². The number of fused-ring (bicyclic) bond motifs is 1. The van der Waals surface area contributed by atoms with Crippen molar-refractivity contribution in [3.05, 3.63) is 42.2 Å². The largest absolute Gasteiger partial charge is 0.487 e. The topological polar surface area (TPSA) is 79.8 Å². The monoisotopic (exact) mass is 429 g/mol. The molecule has 1 saturated heterocycles. The lowest BCUT2D eigenvalue weighted by Gasteiger charge is -2.31. The Bertz CT molecular complexity index is 1050. The van der Waals surface area contributed by atoms with Gasteiger partial charge < -0.3 is 9.64 Å². The molecule has 1 amide bonds. The van der Waals surface area contributed by atoms with Crippen molar-refractivity contribution in [2.24, 2.45) is 0 Å². The zero-order valence-electron chi connectivity index (χ0n) is 17.4. The van der Waals surface area contributed by atoms with Gasteiger partial charge >= 0.3 is 0 Å². The maximum Gasteiger partial charge on any atom is 0.227 e. The number of carbonyl (C=O) groups is 1. The fourth-order valence-corrected chi connectivity index (χ4v) is 5.27. The number of hydrogen-bond donors (Lipinski definition) is 0. The van der Waals surface area contributed by atoms with Crippen LogP contribution in [0.2, 0.25) is 0 Å². The van der Waals surface area contributed by atoms with E-state index in [9.17, 15) is 13.2 Å². The van der Waals surface area contributed by atoms with Crippen molar-refractivity contribution in [1.29, 1.82) is 0 Å². The number of aromatic nitrogens is 1. The average molecular weight is 430 g/mol. The molecule has 0 N–H and O–H groups in total. The molecule has 2 aromatic rings. The summed E-state index contributed by atoms with van der Waals surface area (Å²) in [4.78, 5) is 17.9. The van der Waals surface area contributed by atoms with Crippen LogP contribution in [0.5, 0.6) is 5.75 Å². The fraction of sp³-hybridized carbons (Fsp3) is 0.455. The zero-order valence-corrected chi connectivity index (χ0v) is 18.2. The predicted octanol–water partition coefficient (Wildman–Crippen LogP) is 2.85. The van der Waals surface area contributed by atoms with Crippen molar-refractivity contribution in [2.75, 3.05) is 30.8 Å². The summed E-state index contributed by atoms with van der Waals surface area (Å²) < 4.78 is 32.0. The Morgan fingerprint density at radius 2 is 2.00 bits per heavy atom. The first-order chi connectivity index (χ1) is 14.4. The smallest absolute Gasteiger partial charge is 0.227 e. The molecule has 1 aromatic carbocycles. The second-order valence-electron chi connectivity index (χ2n) is 7.85. The van der Waals surface area contributed by atoms with E-state index in [2.05, 4.69) is 11.1 Å². The molecular weight excluding hydrogens is 402 g/mol. The number of aryl methyl sites for hydroxylation is 1. The normalized spacial score (nSPS) is 20.1. The number of ether oxygens (including phenoxy) is 1. The Balaban J connectivity index is 1.52. The van der Waals surface area contributed by atoms with Gasteiger partial charge in [-0.2, -0.15) is 4.31 Å². The lowest BCUT2D eigenvalue weighted by molar-refractivity contribution is -0.118. The third-order valence-electron chi connectivity index (χ3n) is 5.87. The maximum atomic E-state index is 12.2. The SMILES string of the molecule is CCS(=O)(=O)N1CCCC(Oc2cncc(-c3ccc4c(c3)CCC(=O)N4C)c2)C1. The summed E-state index contributed by atoms with van der Waals surface area (Å²) in [6.45, 7) is 2.60. The Morgan fingerprint density at radius 3 is 2.80 bits per heavy atom. The molecule has 2 aliphatic rings. The van der Waals surface area contributed by atoms with Gasteiger partial charge in [0.25, 0.3) is 0 Å². The van der Waals surface area contributed by atoms with Crippen LogP contribution in [0.1, 0.15) is 31.7 Å². The van der Waals surface area contributed by atoms with E-state index in [0.29, 0.717) is 25.3 Å². The number of anilines is 1. The van der Waals surface area contributed by atoms with E-state index >= 15 is 0 Å². The molecule has 0 saturated carbocycles. The van der Waals surface area contributed by atoms with Gasteiger partial charge in [0.2, 0.25) is 15.9 Å². The summed E-state index contributed by atoms with van der Waals surface area (Å²) in [7, 11) is -1.40. The second kappa shape index (κ2) is 8.35. The van der Waals surface area contributed by atoms with Crippen molar-refractivity contribution in [3.8, 4) is 16.9 Å². The number of sulfonamides is 1. The molecule has 0 aliphatic carbocycles. The highest BCUT2D eigenvalue weighted by Crippen LogP contribution is 2.32. The Morgan fingerprint density at radius 1 is 1.17 bits per heavy atom. The minimum Gasteiger partial charge on any atom is -0.487 e. The number of piperidine rings is 1. The van der Waals surface area contributed by atoms with Crippen molar-refractivity contribution in [3.63, 3.8) is 0 Å². The Kier molecular flexibility index (Phi) is 5.79. The summed E-state index contributed by atoms with van der Waals surface area (Å²) in [5, 5.41) is 0. The lowest BCUT2D eigenvalue weighted by Crippen LogP contribution is -2.44. The van der Waals surface area contributed by atoms with Crippen LogP contribution in [-0.4, -0.2) is 55.6 Å². The molecule has 3 heterocycles. The van der Waals surface area contributed by atoms with Gasteiger partial charge in [0, 0.05) is 37.5 Å². The van der Waals surface area contributed by atoms with Crippen molar-refractivity contribution in [2.45, 2.75) is 38.7 Å². The first-order valence-corrected chi connectivity index (χ1v) is 12.0. The molecule has 7 nitrogen and oxygen atoms in total. The highest BCUT2D eigenvalue weighted by atomic mass is 32.2. The number of amides is 1. The molecule has 1 aromatic heterocycles.